The van der Waals surface area contributed by atoms with Crippen molar-refractivity contribution in [2.45, 2.75) is 4.90 Å². The predicted molar refractivity (Wildman–Crippen MR) is 49.2 cm³/mol. The molecule has 0 aliphatic rings. The van der Waals surface area contributed by atoms with Gasteiger partial charge in [-0.3, -0.25) is 0 Å². The van der Waals surface area contributed by atoms with Crippen LogP contribution in [-0.4, -0.2) is 19.5 Å². The van der Waals surface area contributed by atoms with Crippen LogP contribution in [0.25, 0.3) is 0 Å². The lowest BCUT2D eigenvalue weighted by Gasteiger charge is -2.05. The molecule has 0 saturated carbocycles. The highest BCUT2D eigenvalue weighted by molar-refractivity contribution is 7.89. The molecule has 0 aliphatic heterocycles. The molecule has 5 N–H and O–H groups in total. The SMILES string of the molecule is Nc1cccc(S(N)(=O)=O)c1C(=O)O. The van der Waals surface area contributed by atoms with Gasteiger partial charge < -0.3 is 10.8 Å². The molecular weight excluding hydrogens is 208 g/mol. The number of benzene rings is 1. The van der Waals surface area contributed by atoms with Crippen LogP contribution in [0, 0.1) is 0 Å². The molecule has 1 aromatic rings. The minimum atomic E-state index is -4.06. The fraction of sp³-hybridized carbons (Fsp3) is 0. The number of carboxylic acid groups (broad SMARTS) is 1. The van der Waals surface area contributed by atoms with Gasteiger partial charge in [0.2, 0.25) is 10.0 Å². The number of nitrogens with two attached hydrogens (primary N) is 2. The molecular formula is C7H8N2O4S. The Kier molecular flexibility index (Phi) is 2.45. The van der Waals surface area contributed by atoms with Crippen molar-refractivity contribution in [2.75, 3.05) is 5.73 Å². The highest BCUT2D eigenvalue weighted by atomic mass is 32.2. The Bertz CT molecular complexity index is 480. The van der Waals surface area contributed by atoms with Crippen LogP contribution in [0.4, 0.5) is 5.69 Å². The highest BCUT2D eigenvalue weighted by Crippen LogP contribution is 2.20. The number of aromatic carboxylic acids is 1. The molecule has 0 unspecified atom stereocenters. The van der Waals surface area contributed by atoms with Crippen molar-refractivity contribution in [1.82, 2.24) is 0 Å². The van der Waals surface area contributed by atoms with Crippen LogP contribution in [0.5, 0.6) is 0 Å². The van der Waals surface area contributed by atoms with E-state index in [-0.39, 0.29) is 5.69 Å². The van der Waals surface area contributed by atoms with E-state index in [0.717, 1.165) is 6.07 Å². The minimum absolute atomic E-state index is 0.135. The summed E-state index contributed by atoms with van der Waals surface area (Å²) < 4.78 is 21.9. The summed E-state index contributed by atoms with van der Waals surface area (Å²) in [4.78, 5) is 10.2. The van der Waals surface area contributed by atoms with Crippen LogP contribution in [0.2, 0.25) is 0 Å². The van der Waals surface area contributed by atoms with Crippen LogP contribution in [0.3, 0.4) is 0 Å². The third-order valence-electron chi connectivity index (χ3n) is 1.58. The number of carboxylic acids is 1. The Hall–Kier alpha value is -1.60. The zero-order valence-corrected chi connectivity index (χ0v) is 7.78. The van der Waals surface area contributed by atoms with E-state index >= 15 is 0 Å². The summed E-state index contributed by atoms with van der Waals surface area (Å²) in [6.07, 6.45) is 0. The summed E-state index contributed by atoms with van der Waals surface area (Å²) in [5.74, 6) is -1.42. The summed E-state index contributed by atoms with van der Waals surface area (Å²) in [7, 11) is -4.06. The van der Waals surface area contributed by atoms with Crippen molar-refractivity contribution in [3.8, 4) is 0 Å². The molecule has 0 aliphatic carbocycles. The van der Waals surface area contributed by atoms with Gasteiger partial charge in [0.1, 0.15) is 5.56 Å². The van der Waals surface area contributed by atoms with Gasteiger partial charge in [-0.1, -0.05) is 6.07 Å². The Morgan fingerprint density at radius 2 is 1.93 bits per heavy atom. The number of hydrogen-bond acceptors (Lipinski definition) is 4. The molecule has 1 aromatic carbocycles. The third kappa shape index (κ3) is 1.83. The lowest BCUT2D eigenvalue weighted by molar-refractivity contribution is 0.0694. The van der Waals surface area contributed by atoms with Gasteiger partial charge in [0.05, 0.1) is 4.90 Å². The minimum Gasteiger partial charge on any atom is -0.478 e. The van der Waals surface area contributed by atoms with E-state index in [4.69, 9.17) is 16.0 Å². The average molecular weight is 216 g/mol. The van der Waals surface area contributed by atoms with E-state index in [1.54, 1.807) is 0 Å². The second-order valence-electron chi connectivity index (χ2n) is 2.57. The quantitative estimate of drug-likeness (QED) is 0.581. The van der Waals surface area contributed by atoms with Crippen molar-refractivity contribution >= 4 is 21.7 Å². The maximum Gasteiger partial charge on any atom is 0.339 e. The summed E-state index contributed by atoms with van der Waals surface area (Å²) >= 11 is 0. The van der Waals surface area contributed by atoms with E-state index in [2.05, 4.69) is 0 Å². The largest absolute Gasteiger partial charge is 0.478 e. The molecule has 0 aromatic heterocycles. The molecule has 0 bridgehead atoms. The van der Waals surface area contributed by atoms with Crippen LogP contribution in [0.15, 0.2) is 23.1 Å². The second kappa shape index (κ2) is 3.28. The smallest absolute Gasteiger partial charge is 0.339 e. The first-order valence-electron chi connectivity index (χ1n) is 3.48. The van der Waals surface area contributed by atoms with Crippen LogP contribution in [0.1, 0.15) is 10.4 Å². The number of hydrogen-bond donors (Lipinski definition) is 3. The number of carbonyl (C=O) groups is 1. The third-order valence-corrected chi connectivity index (χ3v) is 2.53. The van der Waals surface area contributed by atoms with Gasteiger partial charge in [-0.05, 0) is 12.1 Å². The van der Waals surface area contributed by atoms with E-state index in [9.17, 15) is 13.2 Å². The van der Waals surface area contributed by atoms with Crippen LogP contribution < -0.4 is 10.9 Å². The molecule has 14 heavy (non-hydrogen) atoms. The first-order chi connectivity index (χ1) is 6.34. The Morgan fingerprint density at radius 1 is 1.36 bits per heavy atom. The molecule has 0 spiro atoms. The van der Waals surface area contributed by atoms with Crippen LogP contribution in [-0.2, 0) is 10.0 Å². The van der Waals surface area contributed by atoms with Crippen LogP contribution >= 0.6 is 0 Å². The monoisotopic (exact) mass is 216 g/mol. The van der Waals surface area contributed by atoms with Gasteiger partial charge in [0.25, 0.3) is 0 Å². The van der Waals surface area contributed by atoms with Gasteiger partial charge in [-0.25, -0.2) is 18.4 Å². The van der Waals surface area contributed by atoms with E-state index in [0.29, 0.717) is 0 Å². The molecule has 76 valence electrons. The van der Waals surface area contributed by atoms with Crippen molar-refractivity contribution in [2.24, 2.45) is 5.14 Å². The number of anilines is 1. The van der Waals surface area contributed by atoms with Crippen molar-refractivity contribution in [3.05, 3.63) is 23.8 Å². The maximum atomic E-state index is 11.0. The zero-order valence-electron chi connectivity index (χ0n) is 6.97. The molecule has 0 fully saturated rings. The number of sulfonamides is 1. The molecule has 0 atom stereocenters. The van der Waals surface area contributed by atoms with Gasteiger partial charge in [0, 0.05) is 5.69 Å². The van der Waals surface area contributed by atoms with E-state index in [1.807, 2.05) is 0 Å². The molecule has 0 amide bonds. The zero-order chi connectivity index (χ0) is 10.9. The van der Waals surface area contributed by atoms with Gasteiger partial charge in [0.15, 0.2) is 0 Å². The number of primary sulfonamides is 1. The fourth-order valence-electron chi connectivity index (χ4n) is 1.01. The lowest BCUT2D eigenvalue weighted by Crippen LogP contribution is -2.17. The molecule has 0 radical (unpaired) electrons. The number of nitrogen functional groups attached to an aromatic ring is 1. The number of rotatable bonds is 2. The lowest BCUT2D eigenvalue weighted by atomic mass is 10.2. The summed E-state index contributed by atoms with van der Waals surface area (Å²) in [6.45, 7) is 0. The average Bonchev–Trinajstić information content (AvgIpc) is 2.01. The van der Waals surface area contributed by atoms with Crippen molar-refractivity contribution in [3.63, 3.8) is 0 Å². The summed E-state index contributed by atoms with van der Waals surface area (Å²) in [5.41, 5.74) is 4.69. The normalized spacial score (nSPS) is 11.2. The van der Waals surface area contributed by atoms with Gasteiger partial charge >= 0.3 is 5.97 Å². The molecule has 7 heteroatoms. The van der Waals surface area contributed by atoms with Gasteiger partial charge in [-0.2, -0.15) is 0 Å². The Morgan fingerprint density at radius 3 is 2.29 bits per heavy atom. The van der Waals surface area contributed by atoms with E-state index < -0.39 is 26.5 Å². The first-order valence-corrected chi connectivity index (χ1v) is 5.03. The Labute approximate surface area is 80.2 Å². The Balaban J connectivity index is 3.61. The first kappa shape index (κ1) is 10.5. The topological polar surface area (TPSA) is 123 Å². The standard InChI is InChI=1S/C7H8N2O4S/c8-4-2-1-3-5(14(9,12)13)6(4)7(10)11/h1-3H,8H2,(H,10,11)(H2,9,12,13). The van der Waals surface area contributed by atoms with Crippen molar-refractivity contribution in [1.29, 1.82) is 0 Å². The molecule has 1 rings (SSSR count). The second-order valence-corrected chi connectivity index (χ2v) is 4.10. The highest BCUT2D eigenvalue weighted by Gasteiger charge is 2.20. The molecule has 0 heterocycles. The predicted octanol–water partition coefficient (Wildman–Crippen LogP) is -0.386. The maximum absolute atomic E-state index is 11.0. The van der Waals surface area contributed by atoms with Crippen molar-refractivity contribution < 1.29 is 18.3 Å². The fourth-order valence-corrected chi connectivity index (χ4v) is 1.77. The molecule has 6 nitrogen and oxygen atoms in total. The van der Waals surface area contributed by atoms with Gasteiger partial charge in [-0.15, -0.1) is 0 Å². The summed E-state index contributed by atoms with van der Waals surface area (Å²) in [6, 6.07) is 3.70. The summed E-state index contributed by atoms with van der Waals surface area (Å²) in [5, 5.41) is 13.5. The molecule has 0 saturated heterocycles. The van der Waals surface area contributed by atoms with E-state index in [1.165, 1.54) is 12.1 Å².